The summed E-state index contributed by atoms with van der Waals surface area (Å²) in [5, 5.41) is 11.1. The van der Waals surface area contributed by atoms with E-state index in [9.17, 15) is 4.39 Å². The summed E-state index contributed by atoms with van der Waals surface area (Å²) in [4.78, 5) is 1.47. The highest BCUT2D eigenvalue weighted by atomic mass is 19.1. The van der Waals surface area contributed by atoms with Crippen molar-refractivity contribution in [3.05, 3.63) is 41.3 Å². The molecule has 0 aliphatic rings. The van der Waals surface area contributed by atoms with Crippen LogP contribution in [0.1, 0.15) is 11.1 Å². The van der Waals surface area contributed by atoms with Gasteiger partial charge in [0, 0.05) is 13.6 Å². The first-order valence-corrected chi connectivity index (χ1v) is 5.01. The molecule has 0 amide bonds. The lowest BCUT2D eigenvalue weighted by Gasteiger charge is -2.06. The third-order valence-corrected chi connectivity index (χ3v) is 2.44. The van der Waals surface area contributed by atoms with E-state index in [1.54, 1.807) is 26.2 Å². The third kappa shape index (κ3) is 2.18. The van der Waals surface area contributed by atoms with Gasteiger partial charge in [0.1, 0.15) is 5.82 Å². The monoisotopic (exact) mass is 220 g/mol. The van der Waals surface area contributed by atoms with E-state index in [-0.39, 0.29) is 5.82 Å². The summed E-state index contributed by atoms with van der Waals surface area (Å²) >= 11 is 0. The van der Waals surface area contributed by atoms with Crippen LogP contribution in [0.3, 0.4) is 0 Å². The van der Waals surface area contributed by atoms with E-state index in [0.29, 0.717) is 17.9 Å². The second-order valence-corrected chi connectivity index (χ2v) is 3.60. The number of aryl methyl sites for hydroxylation is 1. The van der Waals surface area contributed by atoms with Crippen LogP contribution in [0.25, 0.3) is 0 Å². The summed E-state index contributed by atoms with van der Waals surface area (Å²) in [7, 11) is 1.75. The van der Waals surface area contributed by atoms with Gasteiger partial charge in [0.15, 0.2) is 5.82 Å². The molecule has 2 aromatic rings. The Morgan fingerprint density at radius 3 is 2.94 bits per heavy atom. The lowest BCUT2D eigenvalue weighted by Crippen LogP contribution is -2.03. The van der Waals surface area contributed by atoms with Gasteiger partial charge in [-0.15, -0.1) is 5.10 Å². The predicted octanol–water partition coefficient (Wildman–Crippen LogP) is 1.87. The molecule has 2 rings (SSSR count). The van der Waals surface area contributed by atoms with E-state index in [4.69, 9.17) is 0 Å². The molecule has 0 unspecified atom stereocenters. The van der Waals surface area contributed by atoms with Gasteiger partial charge in [-0.2, -0.15) is 9.90 Å². The van der Waals surface area contributed by atoms with Crippen molar-refractivity contribution in [1.82, 2.24) is 15.0 Å². The molecule has 0 radical (unpaired) electrons. The Balaban J connectivity index is 2.07. The Morgan fingerprint density at radius 2 is 2.25 bits per heavy atom. The average molecular weight is 220 g/mol. The van der Waals surface area contributed by atoms with Crippen LogP contribution in [0.5, 0.6) is 0 Å². The highest BCUT2D eigenvalue weighted by Crippen LogP contribution is 2.13. The lowest BCUT2D eigenvalue weighted by atomic mass is 10.1. The largest absolute Gasteiger partial charge is 0.363 e. The van der Waals surface area contributed by atoms with Crippen LogP contribution < -0.4 is 5.32 Å². The molecule has 0 atom stereocenters. The van der Waals surface area contributed by atoms with E-state index < -0.39 is 0 Å². The first kappa shape index (κ1) is 10.6. The molecule has 0 saturated heterocycles. The minimum atomic E-state index is -0.182. The summed E-state index contributed by atoms with van der Waals surface area (Å²) in [5.74, 6) is 0.504. The average Bonchev–Trinajstić information content (AvgIpc) is 2.67. The molecule has 0 bridgehead atoms. The summed E-state index contributed by atoms with van der Waals surface area (Å²) in [6.07, 6.45) is 1.63. The molecule has 16 heavy (non-hydrogen) atoms. The predicted molar refractivity (Wildman–Crippen MR) is 59.5 cm³/mol. The number of hydrogen-bond donors (Lipinski definition) is 1. The van der Waals surface area contributed by atoms with Crippen molar-refractivity contribution in [1.29, 1.82) is 0 Å². The maximum atomic E-state index is 13.2. The topological polar surface area (TPSA) is 42.7 Å². The fourth-order valence-corrected chi connectivity index (χ4v) is 1.46. The third-order valence-electron chi connectivity index (χ3n) is 2.44. The number of hydrogen-bond acceptors (Lipinski definition) is 3. The minimum absolute atomic E-state index is 0.182. The number of rotatable bonds is 3. The van der Waals surface area contributed by atoms with Gasteiger partial charge in [-0.1, -0.05) is 12.1 Å². The van der Waals surface area contributed by atoms with Crippen LogP contribution in [0.2, 0.25) is 0 Å². The number of aromatic nitrogens is 3. The van der Waals surface area contributed by atoms with Crippen LogP contribution in [-0.4, -0.2) is 15.0 Å². The fraction of sp³-hybridized carbons (Fsp3) is 0.273. The van der Waals surface area contributed by atoms with Crippen LogP contribution >= 0.6 is 0 Å². The summed E-state index contributed by atoms with van der Waals surface area (Å²) in [6, 6.07) is 5.05. The second kappa shape index (κ2) is 4.30. The first-order chi connectivity index (χ1) is 7.66. The molecule has 0 spiro atoms. The number of anilines is 1. The molecular weight excluding hydrogens is 207 g/mol. The fourth-order valence-electron chi connectivity index (χ4n) is 1.46. The smallest absolute Gasteiger partial charge is 0.168 e. The first-order valence-electron chi connectivity index (χ1n) is 5.01. The van der Waals surface area contributed by atoms with Gasteiger partial charge in [0.05, 0.1) is 6.20 Å². The molecule has 84 valence electrons. The molecule has 1 N–H and O–H groups in total. The Labute approximate surface area is 93.1 Å². The van der Waals surface area contributed by atoms with Crippen LogP contribution in [0.4, 0.5) is 10.2 Å². The van der Waals surface area contributed by atoms with Crippen molar-refractivity contribution in [2.24, 2.45) is 7.05 Å². The summed E-state index contributed by atoms with van der Waals surface area (Å²) < 4.78 is 13.2. The minimum Gasteiger partial charge on any atom is -0.363 e. The zero-order valence-electron chi connectivity index (χ0n) is 9.24. The Kier molecular flexibility index (Phi) is 2.85. The number of nitrogens with one attached hydrogen (secondary N) is 1. The van der Waals surface area contributed by atoms with E-state index in [2.05, 4.69) is 15.5 Å². The van der Waals surface area contributed by atoms with Crippen LogP contribution in [-0.2, 0) is 13.6 Å². The zero-order valence-corrected chi connectivity index (χ0v) is 9.24. The number of benzene rings is 1. The molecule has 0 saturated carbocycles. The highest BCUT2D eigenvalue weighted by Gasteiger charge is 2.03. The van der Waals surface area contributed by atoms with Gasteiger partial charge < -0.3 is 5.32 Å². The van der Waals surface area contributed by atoms with Gasteiger partial charge in [0.25, 0.3) is 0 Å². The molecule has 0 fully saturated rings. The normalized spacial score (nSPS) is 10.4. The van der Waals surface area contributed by atoms with Crippen molar-refractivity contribution in [3.63, 3.8) is 0 Å². The Morgan fingerprint density at radius 1 is 1.44 bits per heavy atom. The van der Waals surface area contributed by atoms with Gasteiger partial charge in [-0.05, 0) is 24.1 Å². The molecular formula is C11H13FN4. The molecule has 1 aromatic heterocycles. The molecule has 0 aliphatic heterocycles. The maximum absolute atomic E-state index is 13.2. The SMILES string of the molecule is Cc1c(F)cccc1CNc1cnn(C)n1. The van der Waals surface area contributed by atoms with Crippen LogP contribution in [0, 0.1) is 12.7 Å². The lowest BCUT2D eigenvalue weighted by molar-refractivity contribution is 0.615. The second-order valence-electron chi connectivity index (χ2n) is 3.60. The van der Waals surface area contributed by atoms with Crippen molar-refractivity contribution in [2.75, 3.05) is 5.32 Å². The van der Waals surface area contributed by atoms with Crippen molar-refractivity contribution < 1.29 is 4.39 Å². The molecule has 0 aliphatic carbocycles. The maximum Gasteiger partial charge on any atom is 0.168 e. The summed E-state index contributed by atoms with van der Waals surface area (Å²) in [6.45, 7) is 2.31. The van der Waals surface area contributed by atoms with Crippen molar-refractivity contribution >= 4 is 5.82 Å². The van der Waals surface area contributed by atoms with Gasteiger partial charge in [0.2, 0.25) is 0 Å². The zero-order chi connectivity index (χ0) is 11.5. The summed E-state index contributed by atoms with van der Waals surface area (Å²) in [5.41, 5.74) is 1.59. The van der Waals surface area contributed by atoms with Crippen molar-refractivity contribution in [3.8, 4) is 0 Å². The number of halogens is 1. The standard InChI is InChI=1S/C11H13FN4/c1-8-9(4-3-5-10(8)12)6-13-11-7-14-16(2)15-11/h3-5,7H,6H2,1-2H3,(H,13,15). The Bertz CT molecular complexity index is 492. The molecule has 4 nitrogen and oxygen atoms in total. The van der Waals surface area contributed by atoms with E-state index in [0.717, 1.165) is 5.56 Å². The van der Waals surface area contributed by atoms with E-state index in [1.807, 2.05) is 6.07 Å². The van der Waals surface area contributed by atoms with E-state index in [1.165, 1.54) is 10.9 Å². The molecule has 5 heteroatoms. The highest BCUT2D eigenvalue weighted by molar-refractivity contribution is 5.34. The van der Waals surface area contributed by atoms with Crippen molar-refractivity contribution in [2.45, 2.75) is 13.5 Å². The van der Waals surface area contributed by atoms with Gasteiger partial charge in [-0.3, -0.25) is 0 Å². The molecule has 1 aromatic carbocycles. The van der Waals surface area contributed by atoms with Crippen LogP contribution in [0.15, 0.2) is 24.4 Å². The number of nitrogens with zero attached hydrogens (tertiary/aromatic N) is 3. The van der Waals surface area contributed by atoms with E-state index >= 15 is 0 Å². The van der Waals surface area contributed by atoms with Gasteiger partial charge in [-0.25, -0.2) is 4.39 Å². The quantitative estimate of drug-likeness (QED) is 0.858. The Hall–Kier alpha value is -1.91. The van der Waals surface area contributed by atoms with Gasteiger partial charge >= 0.3 is 0 Å². The molecule has 1 heterocycles.